The van der Waals surface area contributed by atoms with Crippen molar-refractivity contribution in [1.29, 1.82) is 0 Å². The monoisotopic (exact) mass is 483 g/mol. The number of ether oxygens (including phenoxy) is 1. The van der Waals surface area contributed by atoms with Crippen LogP contribution in [-0.2, 0) is 16.1 Å². The van der Waals surface area contributed by atoms with Crippen molar-refractivity contribution in [2.24, 2.45) is 5.73 Å². The lowest BCUT2D eigenvalue weighted by Gasteiger charge is -2.24. The van der Waals surface area contributed by atoms with Crippen LogP contribution in [0.3, 0.4) is 0 Å². The van der Waals surface area contributed by atoms with Crippen molar-refractivity contribution in [2.45, 2.75) is 19.6 Å². The zero-order chi connectivity index (χ0) is 25.2. The summed E-state index contributed by atoms with van der Waals surface area (Å²) in [7, 11) is 0. The molecule has 1 aliphatic heterocycles. The van der Waals surface area contributed by atoms with Crippen molar-refractivity contribution in [1.82, 2.24) is 9.88 Å². The zero-order valence-corrected chi connectivity index (χ0v) is 20.1. The number of amides is 1. The molecule has 1 atom stereocenters. The number of primary amides is 1. The van der Waals surface area contributed by atoms with Crippen LogP contribution in [0.15, 0.2) is 72.3 Å². The van der Waals surface area contributed by atoms with Crippen LogP contribution >= 0.6 is 0 Å². The van der Waals surface area contributed by atoms with E-state index >= 15 is 0 Å². The summed E-state index contributed by atoms with van der Waals surface area (Å²) in [5.74, 6) is -0.0486. The van der Waals surface area contributed by atoms with Crippen molar-refractivity contribution in [3.05, 3.63) is 89.0 Å². The van der Waals surface area contributed by atoms with Crippen LogP contribution < -0.4 is 11.1 Å². The SMILES string of the molecule is Cc1c(-c2ccc(O)cc2)n(Cc2ccc(/C=C(/C(N)=O)C3CNCCO3)cc2)c2ccc(O)cc12. The van der Waals surface area contributed by atoms with Gasteiger partial charge in [0, 0.05) is 36.1 Å². The maximum Gasteiger partial charge on any atom is 0.247 e. The Labute approximate surface area is 209 Å². The van der Waals surface area contributed by atoms with Crippen LogP contribution in [0.1, 0.15) is 16.7 Å². The minimum atomic E-state index is -0.483. The van der Waals surface area contributed by atoms with E-state index in [0.29, 0.717) is 25.3 Å². The quantitative estimate of drug-likeness (QED) is 0.311. The summed E-state index contributed by atoms with van der Waals surface area (Å²) in [6.07, 6.45) is 1.44. The highest BCUT2D eigenvalue weighted by atomic mass is 16.5. The first-order valence-electron chi connectivity index (χ1n) is 11.9. The third-order valence-electron chi connectivity index (χ3n) is 6.64. The lowest BCUT2D eigenvalue weighted by Crippen LogP contribution is -2.42. The smallest absolute Gasteiger partial charge is 0.247 e. The van der Waals surface area contributed by atoms with E-state index in [1.165, 1.54) is 0 Å². The number of aromatic nitrogens is 1. The van der Waals surface area contributed by atoms with Gasteiger partial charge in [0.05, 0.1) is 12.3 Å². The molecule has 0 spiro atoms. The normalized spacial score (nSPS) is 16.4. The number of hydrogen-bond donors (Lipinski definition) is 4. The number of aryl methyl sites for hydroxylation is 1. The molecule has 2 heterocycles. The second-order valence-corrected chi connectivity index (χ2v) is 9.08. The molecule has 1 saturated heterocycles. The molecule has 5 N–H and O–H groups in total. The third-order valence-corrected chi connectivity index (χ3v) is 6.64. The molecule has 0 radical (unpaired) electrons. The molecule has 7 heteroatoms. The number of nitrogens with zero attached hydrogens (tertiary/aromatic N) is 1. The fourth-order valence-corrected chi connectivity index (χ4v) is 4.84. The van der Waals surface area contributed by atoms with E-state index in [-0.39, 0.29) is 17.6 Å². The summed E-state index contributed by atoms with van der Waals surface area (Å²) >= 11 is 0. The van der Waals surface area contributed by atoms with Gasteiger partial charge in [-0.05, 0) is 77.7 Å². The minimum Gasteiger partial charge on any atom is -0.508 e. The number of nitrogens with one attached hydrogen (secondary N) is 1. The molecule has 1 aromatic heterocycles. The van der Waals surface area contributed by atoms with Crippen LogP contribution in [0.5, 0.6) is 11.5 Å². The highest BCUT2D eigenvalue weighted by molar-refractivity contribution is 5.97. The van der Waals surface area contributed by atoms with Gasteiger partial charge in [0.2, 0.25) is 5.91 Å². The fourth-order valence-electron chi connectivity index (χ4n) is 4.84. The van der Waals surface area contributed by atoms with Gasteiger partial charge in [0.1, 0.15) is 17.6 Å². The van der Waals surface area contributed by atoms with Gasteiger partial charge in [-0.15, -0.1) is 0 Å². The number of hydrogen-bond acceptors (Lipinski definition) is 5. The summed E-state index contributed by atoms with van der Waals surface area (Å²) < 4.78 is 7.94. The second kappa shape index (κ2) is 9.89. The number of carbonyl (C=O) groups excluding carboxylic acids is 1. The fraction of sp³-hybridized carbons (Fsp3) is 0.207. The van der Waals surface area contributed by atoms with Gasteiger partial charge < -0.3 is 30.6 Å². The van der Waals surface area contributed by atoms with E-state index in [1.807, 2.05) is 49.4 Å². The molecule has 5 rings (SSSR count). The van der Waals surface area contributed by atoms with Crippen molar-refractivity contribution < 1.29 is 19.7 Å². The third kappa shape index (κ3) is 4.71. The van der Waals surface area contributed by atoms with Crippen LogP contribution in [0, 0.1) is 6.92 Å². The standard InChI is InChI=1S/C29H29N3O4/c1-18-24-15-23(34)10-11-26(24)32(28(18)21-6-8-22(33)9-7-21)17-20-4-2-19(3-5-20)14-25(29(30)35)27-16-31-12-13-36-27/h2-11,14-15,27,31,33-34H,12-13,16-17H2,1H3,(H2,30,35)/b25-14+. The second-order valence-electron chi connectivity index (χ2n) is 9.08. The first-order valence-corrected chi connectivity index (χ1v) is 11.9. The molecular weight excluding hydrogens is 454 g/mol. The average molecular weight is 484 g/mol. The molecule has 1 amide bonds. The minimum absolute atomic E-state index is 0.213. The topological polar surface area (TPSA) is 110 Å². The first-order chi connectivity index (χ1) is 17.4. The Morgan fingerprint density at radius 3 is 2.47 bits per heavy atom. The summed E-state index contributed by atoms with van der Waals surface area (Å²) in [4.78, 5) is 12.1. The molecule has 0 saturated carbocycles. The number of aromatic hydroxyl groups is 2. The molecule has 36 heavy (non-hydrogen) atoms. The molecule has 1 unspecified atom stereocenters. The Balaban J connectivity index is 1.50. The number of rotatable bonds is 6. The molecule has 1 aliphatic rings. The summed E-state index contributed by atoms with van der Waals surface area (Å²) in [5.41, 5.74) is 12.1. The molecule has 4 aromatic rings. The number of phenolic OH excluding ortho intramolecular Hbond substituents is 2. The van der Waals surface area contributed by atoms with E-state index < -0.39 is 5.91 Å². The van der Waals surface area contributed by atoms with Crippen molar-refractivity contribution >= 4 is 22.9 Å². The highest BCUT2D eigenvalue weighted by Crippen LogP contribution is 2.36. The first kappa shape index (κ1) is 23.7. The lowest BCUT2D eigenvalue weighted by molar-refractivity contribution is -0.116. The Hall–Kier alpha value is -4.07. The van der Waals surface area contributed by atoms with E-state index in [4.69, 9.17) is 10.5 Å². The number of fused-ring (bicyclic) bond motifs is 1. The molecular formula is C29H29N3O4. The average Bonchev–Trinajstić information content (AvgIpc) is 3.15. The zero-order valence-electron chi connectivity index (χ0n) is 20.1. The number of morpholine rings is 1. The van der Waals surface area contributed by atoms with Crippen LogP contribution in [-0.4, -0.2) is 46.5 Å². The molecule has 1 fully saturated rings. The lowest BCUT2D eigenvalue weighted by atomic mass is 10.0. The van der Waals surface area contributed by atoms with Gasteiger partial charge in [-0.25, -0.2) is 0 Å². The summed E-state index contributed by atoms with van der Waals surface area (Å²) in [6.45, 7) is 4.51. The Bertz CT molecular complexity index is 1430. The predicted octanol–water partition coefficient (Wildman–Crippen LogP) is 3.93. The van der Waals surface area contributed by atoms with E-state index in [0.717, 1.165) is 45.4 Å². The number of phenols is 2. The summed E-state index contributed by atoms with van der Waals surface area (Å²) in [5, 5.41) is 24.1. The Morgan fingerprint density at radius 1 is 1.08 bits per heavy atom. The van der Waals surface area contributed by atoms with Gasteiger partial charge in [0.15, 0.2) is 0 Å². The van der Waals surface area contributed by atoms with E-state index in [9.17, 15) is 15.0 Å². The van der Waals surface area contributed by atoms with Gasteiger partial charge in [-0.3, -0.25) is 4.79 Å². The molecule has 0 bridgehead atoms. The Kier molecular flexibility index (Phi) is 6.50. The van der Waals surface area contributed by atoms with Crippen molar-refractivity contribution in [3.63, 3.8) is 0 Å². The maximum atomic E-state index is 12.1. The van der Waals surface area contributed by atoms with Crippen molar-refractivity contribution in [3.8, 4) is 22.8 Å². The van der Waals surface area contributed by atoms with Crippen molar-refractivity contribution in [2.75, 3.05) is 19.7 Å². The summed E-state index contributed by atoms with van der Waals surface area (Å²) in [6, 6.07) is 20.6. The van der Waals surface area contributed by atoms with Crippen LogP contribution in [0.2, 0.25) is 0 Å². The van der Waals surface area contributed by atoms with Gasteiger partial charge in [0.25, 0.3) is 0 Å². The molecule has 0 aliphatic carbocycles. The molecule has 3 aromatic carbocycles. The predicted molar refractivity (Wildman–Crippen MR) is 141 cm³/mol. The van der Waals surface area contributed by atoms with Crippen LogP contribution in [0.4, 0.5) is 0 Å². The van der Waals surface area contributed by atoms with Gasteiger partial charge in [-0.2, -0.15) is 0 Å². The van der Waals surface area contributed by atoms with Gasteiger partial charge in [-0.1, -0.05) is 24.3 Å². The Morgan fingerprint density at radius 2 is 1.81 bits per heavy atom. The van der Waals surface area contributed by atoms with Crippen LogP contribution in [0.25, 0.3) is 28.2 Å². The van der Waals surface area contributed by atoms with E-state index in [1.54, 1.807) is 30.3 Å². The number of nitrogens with two attached hydrogens (primary N) is 1. The maximum absolute atomic E-state index is 12.1. The van der Waals surface area contributed by atoms with E-state index in [2.05, 4.69) is 9.88 Å². The van der Waals surface area contributed by atoms with Gasteiger partial charge >= 0.3 is 0 Å². The highest BCUT2D eigenvalue weighted by Gasteiger charge is 2.22. The molecule has 184 valence electrons. The number of carbonyl (C=O) groups is 1. The molecule has 7 nitrogen and oxygen atoms in total. The largest absolute Gasteiger partial charge is 0.508 e. The number of benzene rings is 3.